The summed E-state index contributed by atoms with van der Waals surface area (Å²) in [6.07, 6.45) is 4.79. The van der Waals surface area contributed by atoms with Crippen LogP contribution in [0.5, 0.6) is 0 Å². The monoisotopic (exact) mass is 389 g/mol. The molecule has 0 aromatic carbocycles. The highest BCUT2D eigenvalue weighted by atomic mass is 35.5. The molecule has 1 unspecified atom stereocenters. The van der Waals surface area contributed by atoms with Crippen LogP contribution in [0, 0.1) is 0 Å². The SMILES string of the molecule is CC(C)(C)c1nc2c(c(=O)[nH]1)CCC21CCCN(C(=O)c2[nH]ncc2Cl)C1. The number of carbonyl (C=O) groups is 1. The Bertz CT molecular complexity index is 958. The number of nitrogens with zero attached hydrogens (tertiary/aromatic N) is 3. The quantitative estimate of drug-likeness (QED) is 0.783. The lowest BCUT2D eigenvalue weighted by Crippen LogP contribution is -2.48. The highest BCUT2D eigenvalue weighted by Gasteiger charge is 2.46. The van der Waals surface area contributed by atoms with Gasteiger partial charge in [0.25, 0.3) is 11.5 Å². The van der Waals surface area contributed by atoms with Crippen LogP contribution in [0.4, 0.5) is 0 Å². The van der Waals surface area contributed by atoms with Crippen LogP contribution in [0.2, 0.25) is 5.02 Å². The first-order chi connectivity index (χ1) is 12.7. The fraction of sp³-hybridized carbons (Fsp3) is 0.579. The van der Waals surface area contributed by atoms with Gasteiger partial charge in [-0.15, -0.1) is 0 Å². The van der Waals surface area contributed by atoms with E-state index >= 15 is 0 Å². The van der Waals surface area contributed by atoms with Crippen LogP contribution in [-0.4, -0.2) is 44.1 Å². The van der Waals surface area contributed by atoms with E-state index in [0.717, 1.165) is 30.5 Å². The first-order valence-corrected chi connectivity index (χ1v) is 9.71. The molecule has 7 nitrogen and oxygen atoms in total. The van der Waals surface area contributed by atoms with Crippen molar-refractivity contribution < 1.29 is 4.79 Å². The van der Waals surface area contributed by atoms with Crippen molar-refractivity contribution in [3.63, 3.8) is 0 Å². The molecule has 4 rings (SSSR count). The highest BCUT2D eigenvalue weighted by Crippen LogP contribution is 2.43. The lowest BCUT2D eigenvalue weighted by molar-refractivity contribution is 0.0627. The van der Waals surface area contributed by atoms with Crippen molar-refractivity contribution in [1.82, 2.24) is 25.1 Å². The zero-order valence-corrected chi connectivity index (χ0v) is 16.6. The Morgan fingerprint density at radius 1 is 1.33 bits per heavy atom. The number of hydrogen-bond acceptors (Lipinski definition) is 4. The van der Waals surface area contributed by atoms with E-state index in [2.05, 4.69) is 15.2 Å². The summed E-state index contributed by atoms with van der Waals surface area (Å²) in [5.41, 5.74) is 1.43. The molecule has 2 aromatic rings. The average molecular weight is 390 g/mol. The van der Waals surface area contributed by atoms with Gasteiger partial charge in [-0.2, -0.15) is 5.10 Å². The van der Waals surface area contributed by atoms with Crippen molar-refractivity contribution in [1.29, 1.82) is 0 Å². The van der Waals surface area contributed by atoms with Gasteiger partial charge in [-0.1, -0.05) is 32.4 Å². The number of rotatable bonds is 1. The molecule has 27 heavy (non-hydrogen) atoms. The van der Waals surface area contributed by atoms with E-state index in [1.165, 1.54) is 6.20 Å². The summed E-state index contributed by atoms with van der Waals surface area (Å²) >= 11 is 6.08. The number of aromatic amines is 2. The lowest BCUT2D eigenvalue weighted by atomic mass is 9.77. The van der Waals surface area contributed by atoms with Gasteiger partial charge in [0.1, 0.15) is 11.5 Å². The molecule has 1 aliphatic heterocycles. The van der Waals surface area contributed by atoms with E-state index in [0.29, 0.717) is 36.1 Å². The Labute approximate surface area is 162 Å². The molecule has 144 valence electrons. The maximum absolute atomic E-state index is 12.9. The maximum Gasteiger partial charge on any atom is 0.273 e. The van der Waals surface area contributed by atoms with E-state index in [1.54, 1.807) is 0 Å². The molecule has 1 aliphatic carbocycles. The number of halogens is 1. The molecule has 2 N–H and O–H groups in total. The van der Waals surface area contributed by atoms with Crippen LogP contribution in [0.3, 0.4) is 0 Å². The number of H-pyrrole nitrogens is 2. The van der Waals surface area contributed by atoms with Crippen molar-refractivity contribution in [3.8, 4) is 0 Å². The Morgan fingerprint density at radius 2 is 2.11 bits per heavy atom. The molecule has 2 aromatic heterocycles. The summed E-state index contributed by atoms with van der Waals surface area (Å²) in [6, 6.07) is 0. The average Bonchev–Trinajstić information content (AvgIpc) is 3.18. The molecule has 2 aliphatic rings. The lowest BCUT2D eigenvalue weighted by Gasteiger charge is -2.40. The summed E-state index contributed by atoms with van der Waals surface area (Å²) in [5.74, 6) is 0.554. The van der Waals surface area contributed by atoms with E-state index < -0.39 is 0 Å². The summed E-state index contributed by atoms with van der Waals surface area (Å²) < 4.78 is 0. The summed E-state index contributed by atoms with van der Waals surface area (Å²) in [5, 5.41) is 6.88. The van der Waals surface area contributed by atoms with E-state index in [9.17, 15) is 9.59 Å². The van der Waals surface area contributed by atoms with E-state index in [1.807, 2.05) is 25.7 Å². The van der Waals surface area contributed by atoms with Gasteiger partial charge in [-0.25, -0.2) is 4.98 Å². The maximum atomic E-state index is 12.9. The minimum atomic E-state index is -0.260. The van der Waals surface area contributed by atoms with Crippen LogP contribution in [0.15, 0.2) is 11.0 Å². The molecule has 3 heterocycles. The second-order valence-electron chi connectivity index (χ2n) is 8.70. The summed E-state index contributed by atoms with van der Waals surface area (Å²) in [7, 11) is 0. The van der Waals surface area contributed by atoms with Crippen LogP contribution in [0.25, 0.3) is 0 Å². The Hall–Kier alpha value is -2.15. The molecule has 1 atom stereocenters. The zero-order chi connectivity index (χ0) is 19.4. The molecule has 1 fully saturated rings. The first-order valence-electron chi connectivity index (χ1n) is 9.34. The molecule has 0 radical (unpaired) electrons. The second-order valence-corrected chi connectivity index (χ2v) is 9.10. The van der Waals surface area contributed by atoms with Gasteiger partial charge in [-0.05, 0) is 25.7 Å². The van der Waals surface area contributed by atoms with Crippen LogP contribution >= 0.6 is 11.6 Å². The molecular formula is C19H24ClN5O2. The van der Waals surface area contributed by atoms with Gasteiger partial charge in [0.05, 0.1) is 16.9 Å². The number of carbonyl (C=O) groups excluding carboxylic acids is 1. The van der Waals surface area contributed by atoms with Gasteiger partial charge in [0.15, 0.2) is 0 Å². The number of hydrogen-bond donors (Lipinski definition) is 2. The van der Waals surface area contributed by atoms with Crippen LogP contribution in [-0.2, 0) is 17.3 Å². The van der Waals surface area contributed by atoms with Gasteiger partial charge < -0.3 is 9.88 Å². The van der Waals surface area contributed by atoms with E-state index in [-0.39, 0.29) is 22.3 Å². The number of piperidine rings is 1. The molecule has 8 heteroatoms. The zero-order valence-electron chi connectivity index (χ0n) is 15.9. The Kier molecular flexibility index (Phi) is 4.18. The van der Waals surface area contributed by atoms with Crippen molar-refractivity contribution >= 4 is 17.5 Å². The Morgan fingerprint density at radius 3 is 2.78 bits per heavy atom. The summed E-state index contributed by atoms with van der Waals surface area (Å²) in [4.78, 5) is 35.2. The topological polar surface area (TPSA) is 94.7 Å². The predicted molar refractivity (Wildman–Crippen MR) is 102 cm³/mol. The third kappa shape index (κ3) is 2.98. The van der Waals surface area contributed by atoms with Crippen molar-refractivity contribution in [2.75, 3.05) is 13.1 Å². The number of likely N-dealkylation sites (tertiary alicyclic amines) is 1. The minimum absolute atomic E-state index is 0.0399. The fourth-order valence-electron chi connectivity index (χ4n) is 4.29. The van der Waals surface area contributed by atoms with Crippen LogP contribution in [0.1, 0.15) is 67.6 Å². The number of aromatic nitrogens is 4. The fourth-order valence-corrected chi connectivity index (χ4v) is 4.46. The van der Waals surface area contributed by atoms with Gasteiger partial charge in [0, 0.05) is 29.5 Å². The Balaban J connectivity index is 1.72. The standard InChI is InChI=1S/C19H24ClN5O2/c1-18(2,3)17-22-14-11(15(26)23-17)5-7-19(14)6-4-8-25(10-19)16(27)13-12(20)9-21-24-13/h9H,4-8,10H2,1-3H3,(H,21,24)(H,22,23,26). The second kappa shape index (κ2) is 6.19. The van der Waals surface area contributed by atoms with E-state index in [4.69, 9.17) is 16.6 Å². The predicted octanol–water partition coefficient (Wildman–Crippen LogP) is 2.56. The summed E-state index contributed by atoms with van der Waals surface area (Å²) in [6.45, 7) is 7.33. The number of fused-ring (bicyclic) bond motifs is 2. The molecule has 0 saturated carbocycles. The highest BCUT2D eigenvalue weighted by molar-refractivity contribution is 6.33. The van der Waals surface area contributed by atoms with Gasteiger partial charge in [0.2, 0.25) is 0 Å². The number of amides is 1. The molecule has 1 saturated heterocycles. The molecule has 1 spiro atoms. The first kappa shape index (κ1) is 18.2. The third-order valence-electron chi connectivity index (χ3n) is 5.75. The minimum Gasteiger partial charge on any atom is -0.336 e. The van der Waals surface area contributed by atoms with Crippen LogP contribution < -0.4 is 5.56 Å². The normalized spacial score (nSPS) is 22.3. The molecular weight excluding hydrogens is 366 g/mol. The van der Waals surface area contributed by atoms with Gasteiger partial charge >= 0.3 is 0 Å². The van der Waals surface area contributed by atoms with Crippen molar-refractivity contribution in [3.05, 3.63) is 44.3 Å². The largest absolute Gasteiger partial charge is 0.336 e. The van der Waals surface area contributed by atoms with Crippen molar-refractivity contribution in [2.24, 2.45) is 0 Å². The third-order valence-corrected chi connectivity index (χ3v) is 6.04. The molecule has 0 bridgehead atoms. The number of nitrogens with one attached hydrogen (secondary N) is 2. The van der Waals surface area contributed by atoms with Crippen molar-refractivity contribution in [2.45, 2.75) is 57.3 Å². The van der Waals surface area contributed by atoms with Gasteiger partial charge in [-0.3, -0.25) is 14.7 Å². The smallest absolute Gasteiger partial charge is 0.273 e. The molecule has 1 amide bonds.